The van der Waals surface area contributed by atoms with Crippen LogP contribution in [-0.2, 0) is 15.8 Å². The topological polar surface area (TPSA) is 87.3 Å². The predicted molar refractivity (Wildman–Crippen MR) is 169 cm³/mol. The van der Waals surface area contributed by atoms with E-state index >= 15 is 0 Å². The van der Waals surface area contributed by atoms with Gasteiger partial charge in [0.05, 0.1) is 16.5 Å². The number of carbonyl (C=O) groups excluding carboxylic acids is 3. The summed E-state index contributed by atoms with van der Waals surface area (Å²) in [6.45, 7) is 3.46. The van der Waals surface area contributed by atoms with Crippen molar-refractivity contribution in [2.24, 2.45) is 0 Å². The summed E-state index contributed by atoms with van der Waals surface area (Å²) >= 11 is 6.82. The molecular weight excluding hydrogens is 611 g/mol. The average Bonchev–Trinajstić information content (AvgIpc) is 2.97. The van der Waals surface area contributed by atoms with Crippen LogP contribution in [0.1, 0.15) is 34.0 Å². The highest BCUT2D eigenvalue weighted by atomic mass is 35.5. The third-order valence-corrected chi connectivity index (χ3v) is 7.53. The average molecular weight is 638 g/mol. The number of benzene rings is 4. The van der Waals surface area contributed by atoms with Gasteiger partial charge in [0.2, 0.25) is 5.91 Å². The number of amides is 3. The molecule has 1 atom stereocenters. The molecule has 0 aliphatic heterocycles. The van der Waals surface area contributed by atoms with Crippen molar-refractivity contribution >= 4 is 58.5 Å². The predicted octanol–water partition coefficient (Wildman–Crippen LogP) is 8.20. The van der Waals surface area contributed by atoms with E-state index in [1.54, 1.807) is 73.7 Å². The standard InChI is InChI=1S/C33H27ClF3N3O3S/c1-20-8-6-9-22(16-20)17-29(40-31(42)23-10-4-3-5-11-23)32(43)38-25-12-7-13-26(19-25)44-21(2)30(41)39-28-15-14-24(34)18-27(28)33(35,36)37/h3-19,21H,1-2H3,(H,38,43)(H,39,41)(H,40,42)/b29-17+. The quantitative estimate of drug-likeness (QED) is 0.128. The number of nitrogens with one attached hydrogen (secondary N) is 3. The Morgan fingerprint density at radius 1 is 0.864 bits per heavy atom. The smallest absolute Gasteiger partial charge is 0.325 e. The summed E-state index contributed by atoms with van der Waals surface area (Å²) in [6, 6.07) is 25.6. The normalized spacial score (nSPS) is 12.3. The molecule has 11 heteroatoms. The lowest BCUT2D eigenvalue weighted by Gasteiger charge is -2.17. The molecule has 0 saturated carbocycles. The Labute approximate surface area is 261 Å². The highest BCUT2D eigenvalue weighted by molar-refractivity contribution is 8.00. The van der Waals surface area contributed by atoms with Gasteiger partial charge in [0.1, 0.15) is 5.70 Å². The fourth-order valence-corrected chi connectivity index (χ4v) is 5.17. The minimum atomic E-state index is -4.70. The van der Waals surface area contributed by atoms with Gasteiger partial charge in [-0.05, 0) is 74.0 Å². The van der Waals surface area contributed by atoms with Gasteiger partial charge < -0.3 is 16.0 Å². The number of anilines is 2. The number of hydrogen-bond acceptors (Lipinski definition) is 4. The molecule has 44 heavy (non-hydrogen) atoms. The van der Waals surface area contributed by atoms with Crippen LogP contribution in [0.4, 0.5) is 24.5 Å². The molecular formula is C33H27ClF3N3O3S. The zero-order chi connectivity index (χ0) is 31.9. The second-order valence-corrected chi connectivity index (χ2v) is 11.6. The molecule has 0 fully saturated rings. The summed E-state index contributed by atoms with van der Waals surface area (Å²) in [5.41, 5.74) is 1.01. The Balaban J connectivity index is 1.49. The summed E-state index contributed by atoms with van der Waals surface area (Å²) in [5.74, 6) is -1.69. The van der Waals surface area contributed by atoms with Gasteiger partial charge in [-0.15, -0.1) is 11.8 Å². The molecule has 0 bridgehead atoms. The number of carbonyl (C=O) groups is 3. The highest BCUT2D eigenvalue weighted by Gasteiger charge is 2.34. The maximum atomic E-state index is 13.5. The number of hydrogen-bond donors (Lipinski definition) is 3. The van der Waals surface area contributed by atoms with E-state index in [2.05, 4.69) is 16.0 Å². The van der Waals surface area contributed by atoms with Crippen molar-refractivity contribution < 1.29 is 27.6 Å². The Morgan fingerprint density at radius 3 is 2.30 bits per heavy atom. The van der Waals surface area contributed by atoms with Crippen molar-refractivity contribution in [2.75, 3.05) is 10.6 Å². The van der Waals surface area contributed by atoms with Gasteiger partial charge in [0.25, 0.3) is 11.8 Å². The van der Waals surface area contributed by atoms with Crippen molar-refractivity contribution in [3.63, 3.8) is 0 Å². The summed E-state index contributed by atoms with van der Waals surface area (Å²) < 4.78 is 40.4. The van der Waals surface area contributed by atoms with E-state index in [-0.39, 0.29) is 10.7 Å². The molecule has 4 aromatic carbocycles. The summed E-state index contributed by atoms with van der Waals surface area (Å²) in [7, 11) is 0. The van der Waals surface area contributed by atoms with Gasteiger partial charge >= 0.3 is 6.18 Å². The zero-order valence-electron chi connectivity index (χ0n) is 23.5. The van der Waals surface area contributed by atoms with E-state index < -0.39 is 40.4 Å². The Morgan fingerprint density at radius 2 is 1.59 bits per heavy atom. The third-order valence-electron chi connectivity index (χ3n) is 6.20. The summed E-state index contributed by atoms with van der Waals surface area (Å²) in [5, 5.41) is 6.89. The first-order valence-electron chi connectivity index (χ1n) is 13.3. The first kappa shape index (κ1) is 32.4. The second kappa shape index (κ2) is 14.3. The molecule has 0 heterocycles. The SMILES string of the molecule is Cc1cccc(/C=C(/NC(=O)c2ccccc2)C(=O)Nc2cccc(SC(C)C(=O)Nc3ccc(Cl)cc3C(F)(F)F)c2)c1. The number of thioether (sulfide) groups is 1. The van der Waals surface area contributed by atoms with Crippen molar-refractivity contribution in [1.82, 2.24) is 5.32 Å². The van der Waals surface area contributed by atoms with Crippen LogP contribution in [0.25, 0.3) is 6.08 Å². The van der Waals surface area contributed by atoms with Crippen LogP contribution in [0.2, 0.25) is 5.02 Å². The van der Waals surface area contributed by atoms with Crippen LogP contribution >= 0.6 is 23.4 Å². The lowest BCUT2D eigenvalue weighted by molar-refractivity contribution is -0.137. The second-order valence-electron chi connectivity index (χ2n) is 9.71. The maximum absolute atomic E-state index is 13.5. The van der Waals surface area contributed by atoms with Crippen LogP contribution < -0.4 is 16.0 Å². The van der Waals surface area contributed by atoms with Gasteiger partial charge in [0.15, 0.2) is 0 Å². The first-order chi connectivity index (χ1) is 20.9. The number of halogens is 4. The fraction of sp³-hybridized carbons (Fsp3) is 0.121. The van der Waals surface area contributed by atoms with Crippen LogP contribution in [0, 0.1) is 6.92 Å². The van der Waals surface area contributed by atoms with Gasteiger partial charge in [-0.1, -0.05) is 65.7 Å². The lowest BCUT2D eigenvalue weighted by atomic mass is 10.1. The first-order valence-corrected chi connectivity index (χ1v) is 14.6. The van der Waals surface area contributed by atoms with Crippen molar-refractivity contribution in [1.29, 1.82) is 0 Å². The molecule has 0 aliphatic rings. The molecule has 0 saturated heterocycles. The van der Waals surface area contributed by atoms with E-state index in [0.29, 0.717) is 21.7 Å². The van der Waals surface area contributed by atoms with E-state index in [0.717, 1.165) is 29.5 Å². The molecule has 0 aliphatic carbocycles. The zero-order valence-corrected chi connectivity index (χ0v) is 25.1. The molecule has 0 radical (unpaired) electrons. The molecule has 3 amide bonds. The Hall–Kier alpha value is -4.54. The lowest BCUT2D eigenvalue weighted by Crippen LogP contribution is -2.30. The Kier molecular flexibility index (Phi) is 10.5. The largest absolute Gasteiger partial charge is 0.418 e. The van der Waals surface area contributed by atoms with E-state index in [1.165, 1.54) is 6.07 Å². The van der Waals surface area contributed by atoms with E-state index in [9.17, 15) is 27.6 Å². The van der Waals surface area contributed by atoms with Gasteiger partial charge in [0, 0.05) is 21.2 Å². The van der Waals surface area contributed by atoms with Crippen LogP contribution in [0.5, 0.6) is 0 Å². The summed E-state index contributed by atoms with van der Waals surface area (Å²) in [4.78, 5) is 39.7. The van der Waals surface area contributed by atoms with E-state index in [4.69, 9.17) is 11.6 Å². The fourth-order valence-electron chi connectivity index (χ4n) is 4.07. The molecule has 4 rings (SSSR count). The third kappa shape index (κ3) is 8.98. The number of aryl methyl sites for hydroxylation is 1. The van der Waals surface area contributed by atoms with Crippen molar-refractivity contribution in [2.45, 2.75) is 30.2 Å². The van der Waals surface area contributed by atoms with Gasteiger partial charge in [-0.3, -0.25) is 14.4 Å². The highest BCUT2D eigenvalue weighted by Crippen LogP contribution is 2.37. The van der Waals surface area contributed by atoms with Gasteiger partial charge in [-0.2, -0.15) is 13.2 Å². The molecule has 4 aromatic rings. The number of rotatable bonds is 9. The molecule has 1 unspecified atom stereocenters. The minimum absolute atomic E-state index is 0.0127. The van der Waals surface area contributed by atoms with Crippen molar-refractivity contribution in [3.05, 3.63) is 130 Å². The number of alkyl halides is 3. The van der Waals surface area contributed by atoms with Crippen molar-refractivity contribution in [3.8, 4) is 0 Å². The molecule has 226 valence electrons. The van der Waals surface area contributed by atoms with Crippen LogP contribution in [0.15, 0.2) is 108 Å². The van der Waals surface area contributed by atoms with Crippen LogP contribution in [-0.4, -0.2) is 23.0 Å². The van der Waals surface area contributed by atoms with Crippen LogP contribution in [0.3, 0.4) is 0 Å². The Bertz CT molecular complexity index is 1710. The van der Waals surface area contributed by atoms with Gasteiger partial charge in [-0.25, -0.2) is 0 Å². The molecule has 0 spiro atoms. The summed E-state index contributed by atoms with van der Waals surface area (Å²) in [6.07, 6.45) is -3.14. The maximum Gasteiger partial charge on any atom is 0.418 e. The minimum Gasteiger partial charge on any atom is -0.325 e. The molecule has 3 N–H and O–H groups in total. The molecule has 6 nitrogen and oxygen atoms in total. The molecule has 0 aromatic heterocycles. The monoisotopic (exact) mass is 637 g/mol. The van der Waals surface area contributed by atoms with E-state index in [1.807, 2.05) is 25.1 Å².